The molecule has 8 heteroatoms. The minimum atomic E-state index is -0.0728. The third kappa shape index (κ3) is 4.37. The maximum Gasteiger partial charge on any atom is 0.226 e. The summed E-state index contributed by atoms with van der Waals surface area (Å²) < 4.78 is 2.37. The van der Waals surface area contributed by atoms with Gasteiger partial charge in [0.2, 0.25) is 5.91 Å². The van der Waals surface area contributed by atoms with Gasteiger partial charge in [-0.3, -0.25) is 14.5 Å². The second kappa shape index (κ2) is 8.57. The van der Waals surface area contributed by atoms with Crippen LogP contribution in [0.2, 0.25) is 0 Å². The fourth-order valence-electron chi connectivity index (χ4n) is 3.55. The Morgan fingerprint density at radius 1 is 1.21 bits per heavy atom. The Balaban J connectivity index is 1.46. The summed E-state index contributed by atoms with van der Waals surface area (Å²) in [6, 6.07) is 11.8. The number of nitrogens with one attached hydrogen (secondary N) is 2. The van der Waals surface area contributed by atoms with E-state index >= 15 is 0 Å². The lowest BCUT2D eigenvalue weighted by atomic mass is 10.1. The molecule has 1 amide bonds. The van der Waals surface area contributed by atoms with Crippen molar-refractivity contribution in [3.63, 3.8) is 0 Å². The number of anilines is 2. The van der Waals surface area contributed by atoms with Crippen molar-refractivity contribution < 1.29 is 4.79 Å². The number of nitrogens with zero attached hydrogens (tertiary/aromatic N) is 4. The number of aromatic nitrogens is 4. The van der Waals surface area contributed by atoms with E-state index in [1.54, 1.807) is 6.20 Å². The number of hydrogen-bond donors (Lipinski definition) is 2. The summed E-state index contributed by atoms with van der Waals surface area (Å²) in [5.74, 6) is 1.51. The number of amides is 1. The Morgan fingerprint density at radius 3 is 2.72 bits per heavy atom. The summed E-state index contributed by atoms with van der Waals surface area (Å²) in [5, 5.41) is 10.2. The van der Waals surface area contributed by atoms with Crippen molar-refractivity contribution in [2.45, 2.75) is 32.7 Å². The average Bonchev–Trinajstić information content (AvgIpc) is 3.38. The highest BCUT2D eigenvalue weighted by atomic mass is 32.1. The van der Waals surface area contributed by atoms with Crippen LogP contribution in [0.15, 0.2) is 42.6 Å². The molecule has 1 aromatic carbocycles. The highest BCUT2D eigenvalue weighted by Crippen LogP contribution is 2.26. The second-order valence-electron chi connectivity index (χ2n) is 7.24. The molecular formula is C21H24N6OS. The zero-order chi connectivity index (χ0) is 20.2. The number of rotatable bonds is 6. The number of benzene rings is 1. The summed E-state index contributed by atoms with van der Waals surface area (Å²) in [7, 11) is 0. The van der Waals surface area contributed by atoms with Crippen LogP contribution in [0, 0.1) is 11.7 Å². The molecule has 2 aromatic heterocycles. The van der Waals surface area contributed by atoms with Gasteiger partial charge < -0.3 is 10.2 Å². The van der Waals surface area contributed by atoms with E-state index in [0.717, 1.165) is 48.8 Å². The van der Waals surface area contributed by atoms with Crippen LogP contribution < -0.4 is 10.2 Å². The molecular weight excluding hydrogens is 384 g/mol. The van der Waals surface area contributed by atoms with Gasteiger partial charge in [-0.25, -0.2) is 4.98 Å². The fourth-order valence-corrected chi connectivity index (χ4v) is 3.77. The van der Waals surface area contributed by atoms with Crippen molar-refractivity contribution in [1.82, 2.24) is 19.7 Å². The van der Waals surface area contributed by atoms with Gasteiger partial charge in [-0.2, -0.15) is 5.10 Å². The van der Waals surface area contributed by atoms with Crippen molar-refractivity contribution in [3.05, 3.63) is 52.9 Å². The van der Waals surface area contributed by atoms with Gasteiger partial charge in [-0.1, -0.05) is 29.8 Å². The summed E-state index contributed by atoms with van der Waals surface area (Å²) in [6.45, 7) is 4.44. The minimum absolute atomic E-state index is 0.0728. The molecule has 0 radical (unpaired) electrons. The van der Waals surface area contributed by atoms with Crippen molar-refractivity contribution >= 4 is 29.6 Å². The molecule has 0 saturated carbocycles. The quantitative estimate of drug-likeness (QED) is 0.604. The van der Waals surface area contributed by atoms with E-state index in [-0.39, 0.29) is 5.91 Å². The van der Waals surface area contributed by atoms with Crippen LogP contribution in [0.3, 0.4) is 0 Å². The molecule has 1 fully saturated rings. The van der Waals surface area contributed by atoms with Crippen LogP contribution in [0.5, 0.6) is 0 Å². The number of hydrogen-bond acceptors (Lipinski definition) is 5. The van der Waals surface area contributed by atoms with Gasteiger partial charge in [0, 0.05) is 37.8 Å². The maximum absolute atomic E-state index is 12.6. The summed E-state index contributed by atoms with van der Waals surface area (Å²) in [5.41, 5.74) is 2.90. The topological polar surface area (TPSA) is 78.8 Å². The van der Waals surface area contributed by atoms with Crippen LogP contribution in [0.25, 0.3) is 11.4 Å². The summed E-state index contributed by atoms with van der Waals surface area (Å²) in [6.07, 6.45) is 4.37. The zero-order valence-corrected chi connectivity index (χ0v) is 17.2. The maximum atomic E-state index is 12.6. The molecule has 0 atom stereocenters. The Bertz CT molecular complexity index is 1050. The number of aromatic amines is 1. The van der Waals surface area contributed by atoms with E-state index < -0.39 is 0 Å². The molecule has 0 spiro atoms. The number of H-pyrrole nitrogens is 1. The first kappa shape index (κ1) is 19.3. The minimum Gasteiger partial charge on any atom is -0.355 e. The average molecular weight is 409 g/mol. The van der Waals surface area contributed by atoms with Gasteiger partial charge in [-0.15, -0.1) is 0 Å². The molecule has 29 heavy (non-hydrogen) atoms. The molecule has 1 aliphatic heterocycles. The third-order valence-corrected chi connectivity index (χ3v) is 5.41. The van der Waals surface area contributed by atoms with Crippen LogP contribution >= 0.6 is 12.2 Å². The van der Waals surface area contributed by atoms with Crippen LogP contribution in [-0.4, -0.2) is 38.7 Å². The van der Waals surface area contributed by atoms with Crippen molar-refractivity contribution in [1.29, 1.82) is 0 Å². The third-order valence-electron chi connectivity index (χ3n) is 5.10. The first-order valence-electron chi connectivity index (χ1n) is 9.84. The van der Waals surface area contributed by atoms with E-state index in [0.29, 0.717) is 17.7 Å². The Morgan fingerprint density at radius 2 is 1.97 bits per heavy atom. The van der Waals surface area contributed by atoms with Crippen LogP contribution in [0.4, 0.5) is 11.5 Å². The summed E-state index contributed by atoms with van der Waals surface area (Å²) in [4.78, 5) is 19.3. The van der Waals surface area contributed by atoms with Gasteiger partial charge in [0.1, 0.15) is 0 Å². The lowest BCUT2D eigenvalue weighted by Gasteiger charge is -2.20. The number of carbonyl (C=O) groups is 1. The molecule has 0 unspecified atom stereocenters. The lowest BCUT2D eigenvalue weighted by molar-refractivity contribution is -0.116. The predicted octanol–water partition coefficient (Wildman–Crippen LogP) is 3.94. The van der Waals surface area contributed by atoms with Gasteiger partial charge in [-0.05, 0) is 44.1 Å². The first-order valence-corrected chi connectivity index (χ1v) is 10.2. The molecule has 1 aliphatic rings. The SMILES string of the molecule is Cc1ccc(-c2n[nH]c(=S)n2CCC(=O)Nc2cccnc2N2CCCC2)cc1. The lowest BCUT2D eigenvalue weighted by Crippen LogP contribution is -2.22. The highest BCUT2D eigenvalue weighted by Gasteiger charge is 2.18. The second-order valence-corrected chi connectivity index (χ2v) is 7.62. The first-order chi connectivity index (χ1) is 14.1. The van der Waals surface area contributed by atoms with E-state index in [9.17, 15) is 4.79 Å². The smallest absolute Gasteiger partial charge is 0.226 e. The normalized spacial score (nSPS) is 13.6. The van der Waals surface area contributed by atoms with E-state index in [2.05, 4.69) is 25.4 Å². The van der Waals surface area contributed by atoms with E-state index in [1.165, 1.54) is 5.56 Å². The van der Waals surface area contributed by atoms with Crippen molar-refractivity contribution in [3.8, 4) is 11.4 Å². The summed E-state index contributed by atoms with van der Waals surface area (Å²) >= 11 is 5.37. The fraction of sp³-hybridized carbons (Fsp3) is 0.333. The van der Waals surface area contributed by atoms with E-state index in [1.807, 2.05) is 47.9 Å². The van der Waals surface area contributed by atoms with Crippen LogP contribution in [0.1, 0.15) is 24.8 Å². The zero-order valence-electron chi connectivity index (χ0n) is 16.4. The number of carbonyl (C=O) groups excluding carboxylic acids is 1. The molecule has 7 nitrogen and oxygen atoms in total. The Labute approximate surface area is 174 Å². The van der Waals surface area contributed by atoms with Gasteiger partial charge in [0.25, 0.3) is 0 Å². The molecule has 0 aliphatic carbocycles. The monoisotopic (exact) mass is 408 g/mol. The van der Waals surface area contributed by atoms with Gasteiger partial charge >= 0.3 is 0 Å². The Kier molecular flexibility index (Phi) is 5.71. The highest BCUT2D eigenvalue weighted by molar-refractivity contribution is 7.71. The largest absolute Gasteiger partial charge is 0.355 e. The standard InChI is InChI=1S/C21H24N6OS/c1-15-6-8-16(9-7-15)19-24-25-21(29)27(19)14-10-18(28)23-17-5-4-11-22-20(17)26-12-2-3-13-26/h4-9,11H,2-3,10,12-14H2,1H3,(H,23,28)(H,25,29). The van der Waals surface area contributed by atoms with Gasteiger partial charge in [0.05, 0.1) is 5.69 Å². The molecule has 0 bridgehead atoms. The van der Waals surface area contributed by atoms with E-state index in [4.69, 9.17) is 12.2 Å². The molecule has 4 rings (SSSR count). The molecule has 1 saturated heterocycles. The van der Waals surface area contributed by atoms with Gasteiger partial charge in [0.15, 0.2) is 16.4 Å². The molecule has 3 heterocycles. The van der Waals surface area contributed by atoms with Crippen LogP contribution in [-0.2, 0) is 11.3 Å². The Hall–Kier alpha value is -3.00. The molecule has 3 aromatic rings. The van der Waals surface area contributed by atoms with Crippen molar-refractivity contribution in [2.24, 2.45) is 0 Å². The number of pyridine rings is 1. The molecule has 150 valence electrons. The predicted molar refractivity (Wildman–Crippen MR) is 117 cm³/mol. The molecule has 2 N–H and O–H groups in total. The number of aryl methyl sites for hydroxylation is 1. The van der Waals surface area contributed by atoms with Crippen molar-refractivity contribution in [2.75, 3.05) is 23.3 Å².